The molecule has 132 valence electrons. The SMILES string of the molecule is CCNC(=NCc1cc2ccccc2[nH]1)NCCc1ncc(CC)s1. The summed E-state index contributed by atoms with van der Waals surface area (Å²) in [5, 5.41) is 9.09. The van der Waals surface area contributed by atoms with Gasteiger partial charge in [-0.3, -0.25) is 0 Å². The van der Waals surface area contributed by atoms with Crippen molar-refractivity contribution in [2.75, 3.05) is 13.1 Å². The highest BCUT2D eigenvalue weighted by Gasteiger charge is 2.03. The van der Waals surface area contributed by atoms with Crippen LogP contribution in [0.4, 0.5) is 0 Å². The van der Waals surface area contributed by atoms with Crippen LogP contribution >= 0.6 is 11.3 Å². The van der Waals surface area contributed by atoms with Crippen molar-refractivity contribution in [1.82, 2.24) is 20.6 Å². The Morgan fingerprint density at radius 2 is 2.12 bits per heavy atom. The molecule has 0 unspecified atom stereocenters. The van der Waals surface area contributed by atoms with Crippen LogP contribution in [0.1, 0.15) is 29.4 Å². The molecular formula is C19H25N5S. The third-order valence-corrected chi connectivity index (χ3v) is 5.12. The predicted octanol–water partition coefficient (Wildman–Crippen LogP) is 3.48. The van der Waals surface area contributed by atoms with Crippen LogP contribution in [0.3, 0.4) is 0 Å². The first-order valence-electron chi connectivity index (χ1n) is 8.81. The molecular weight excluding hydrogens is 330 g/mol. The lowest BCUT2D eigenvalue weighted by Gasteiger charge is -2.10. The van der Waals surface area contributed by atoms with E-state index in [1.165, 1.54) is 15.3 Å². The number of fused-ring (bicyclic) bond motifs is 1. The minimum Gasteiger partial charge on any atom is -0.357 e. The van der Waals surface area contributed by atoms with Gasteiger partial charge in [0.2, 0.25) is 0 Å². The number of rotatable bonds is 7. The van der Waals surface area contributed by atoms with Gasteiger partial charge in [0.1, 0.15) is 0 Å². The number of thiazole rings is 1. The van der Waals surface area contributed by atoms with E-state index in [0.717, 1.165) is 43.1 Å². The van der Waals surface area contributed by atoms with Crippen molar-refractivity contribution in [3.8, 4) is 0 Å². The summed E-state index contributed by atoms with van der Waals surface area (Å²) < 4.78 is 0. The molecule has 3 rings (SSSR count). The fourth-order valence-corrected chi connectivity index (χ4v) is 3.50. The van der Waals surface area contributed by atoms with Crippen molar-refractivity contribution >= 4 is 28.2 Å². The maximum Gasteiger partial charge on any atom is 0.191 e. The van der Waals surface area contributed by atoms with Crippen LogP contribution in [0.15, 0.2) is 41.5 Å². The third-order valence-electron chi connectivity index (χ3n) is 3.92. The van der Waals surface area contributed by atoms with Crippen LogP contribution in [0, 0.1) is 0 Å². The van der Waals surface area contributed by atoms with E-state index in [0.29, 0.717) is 6.54 Å². The zero-order chi connectivity index (χ0) is 17.5. The summed E-state index contributed by atoms with van der Waals surface area (Å²) in [6, 6.07) is 10.5. The standard InChI is InChI=1S/C19H25N5S/c1-3-16-13-22-18(25-16)9-10-21-19(20-4-2)23-12-15-11-14-7-5-6-8-17(14)24-15/h5-8,11,13,24H,3-4,9-10,12H2,1-2H3,(H2,20,21,23). The van der Waals surface area contributed by atoms with Crippen LogP contribution in [0.5, 0.6) is 0 Å². The van der Waals surface area contributed by atoms with Gasteiger partial charge < -0.3 is 15.6 Å². The second kappa shape index (κ2) is 8.67. The van der Waals surface area contributed by atoms with Crippen LogP contribution in [-0.2, 0) is 19.4 Å². The largest absolute Gasteiger partial charge is 0.357 e. The molecule has 3 aromatic rings. The second-order valence-corrected chi connectivity index (χ2v) is 7.03. The maximum absolute atomic E-state index is 4.68. The Morgan fingerprint density at radius 1 is 1.24 bits per heavy atom. The number of hydrogen-bond acceptors (Lipinski definition) is 3. The van der Waals surface area contributed by atoms with E-state index < -0.39 is 0 Å². The number of aromatic nitrogens is 2. The molecule has 0 bridgehead atoms. The topological polar surface area (TPSA) is 65.1 Å². The molecule has 0 spiro atoms. The van der Waals surface area contributed by atoms with Gasteiger partial charge in [0.15, 0.2) is 5.96 Å². The quantitative estimate of drug-likeness (QED) is 0.449. The molecule has 25 heavy (non-hydrogen) atoms. The number of guanidine groups is 1. The summed E-state index contributed by atoms with van der Waals surface area (Å²) in [6.45, 7) is 6.54. The van der Waals surface area contributed by atoms with Crippen LogP contribution < -0.4 is 10.6 Å². The Morgan fingerprint density at radius 3 is 2.88 bits per heavy atom. The Balaban J connectivity index is 1.56. The number of nitrogens with zero attached hydrogens (tertiary/aromatic N) is 2. The van der Waals surface area contributed by atoms with Gasteiger partial charge in [0, 0.05) is 41.8 Å². The molecule has 6 heteroatoms. The van der Waals surface area contributed by atoms with E-state index >= 15 is 0 Å². The number of aliphatic imine (C=N–C) groups is 1. The average molecular weight is 356 g/mol. The lowest BCUT2D eigenvalue weighted by molar-refractivity contribution is 0.795. The monoisotopic (exact) mass is 355 g/mol. The van der Waals surface area contributed by atoms with Gasteiger partial charge in [0.25, 0.3) is 0 Å². The van der Waals surface area contributed by atoms with E-state index in [-0.39, 0.29) is 0 Å². The molecule has 0 fully saturated rings. The minimum absolute atomic E-state index is 0.626. The Labute approximate surface area is 152 Å². The summed E-state index contributed by atoms with van der Waals surface area (Å²) in [6.07, 6.45) is 3.95. The fourth-order valence-electron chi connectivity index (χ4n) is 2.64. The molecule has 0 aliphatic heterocycles. The molecule has 0 amide bonds. The van der Waals surface area contributed by atoms with Crippen molar-refractivity contribution in [2.24, 2.45) is 4.99 Å². The van der Waals surface area contributed by atoms with Crippen molar-refractivity contribution < 1.29 is 0 Å². The summed E-state index contributed by atoms with van der Waals surface area (Å²) in [4.78, 5) is 13.9. The Hall–Kier alpha value is -2.34. The molecule has 0 radical (unpaired) electrons. The highest BCUT2D eigenvalue weighted by molar-refractivity contribution is 7.11. The number of hydrogen-bond donors (Lipinski definition) is 3. The molecule has 0 saturated heterocycles. The predicted molar refractivity (Wildman–Crippen MR) is 106 cm³/mol. The molecule has 0 aliphatic carbocycles. The summed E-state index contributed by atoms with van der Waals surface area (Å²) in [5.74, 6) is 0.841. The second-order valence-electron chi connectivity index (χ2n) is 5.83. The Bertz CT molecular complexity index is 800. The molecule has 1 aromatic carbocycles. The highest BCUT2D eigenvalue weighted by Crippen LogP contribution is 2.15. The number of H-pyrrole nitrogens is 1. The van der Waals surface area contributed by atoms with E-state index in [9.17, 15) is 0 Å². The van der Waals surface area contributed by atoms with E-state index in [1.54, 1.807) is 11.3 Å². The summed E-state index contributed by atoms with van der Waals surface area (Å²) in [5.41, 5.74) is 2.27. The van der Waals surface area contributed by atoms with Gasteiger partial charge in [-0.05, 0) is 30.9 Å². The van der Waals surface area contributed by atoms with Crippen LogP contribution in [-0.4, -0.2) is 29.0 Å². The Kier molecular flexibility index (Phi) is 6.06. The third kappa shape index (κ3) is 4.82. The number of aryl methyl sites for hydroxylation is 1. The normalized spacial score (nSPS) is 11.8. The van der Waals surface area contributed by atoms with Gasteiger partial charge >= 0.3 is 0 Å². The fraction of sp³-hybridized carbons (Fsp3) is 0.368. The van der Waals surface area contributed by atoms with E-state index in [1.807, 2.05) is 12.3 Å². The van der Waals surface area contributed by atoms with Crippen molar-refractivity contribution in [3.05, 3.63) is 52.1 Å². The molecule has 5 nitrogen and oxygen atoms in total. The average Bonchev–Trinajstić information content (AvgIpc) is 3.25. The molecule has 2 heterocycles. The lowest BCUT2D eigenvalue weighted by Crippen LogP contribution is -2.38. The first kappa shape index (κ1) is 17.5. The van der Waals surface area contributed by atoms with Gasteiger partial charge in [0.05, 0.1) is 11.6 Å². The summed E-state index contributed by atoms with van der Waals surface area (Å²) >= 11 is 1.79. The lowest BCUT2D eigenvalue weighted by atomic mass is 10.2. The molecule has 0 aliphatic rings. The highest BCUT2D eigenvalue weighted by atomic mass is 32.1. The summed E-state index contributed by atoms with van der Waals surface area (Å²) in [7, 11) is 0. The molecule has 0 saturated carbocycles. The van der Waals surface area contributed by atoms with Crippen molar-refractivity contribution in [3.63, 3.8) is 0 Å². The number of aromatic amines is 1. The van der Waals surface area contributed by atoms with E-state index in [2.05, 4.69) is 63.7 Å². The smallest absolute Gasteiger partial charge is 0.191 e. The first-order valence-corrected chi connectivity index (χ1v) is 9.62. The first-order chi connectivity index (χ1) is 12.3. The van der Waals surface area contributed by atoms with Gasteiger partial charge in [-0.2, -0.15) is 0 Å². The number of benzene rings is 1. The zero-order valence-corrected chi connectivity index (χ0v) is 15.6. The maximum atomic E-state index is 4.68. The van der Waals surface area contributed by atoms with Crippen LogP contribution in [0.2, 0.25) is 0 Å². The zero-order valence-electron chi connectivity index (χ0n) is 14.8. The van der Waals surface area contributed by atoms with E-state index in [4.69, 9.17) is 0 Å². The molecule has 0 atom stereocenters. The molecule has 2 aromatic heterocycles. The van der Waals surface area contributed by atoms with Gasteiger partial charge in [-0.15, -0.1) is 11.3 Å². The van der Waals surface area contributed by atoms with Crippen LogP contribution in [0.25, 0.3) is 10.9 Å². The van der Waals surface area contributed by atoms with Gasteiger partial charge in [-0.25, -0.2) is 9.98 Å². The minimum atomic E-state index is 0.626. The molecule has 3 N–H and O–H groups in total. The number of para-hydroxylation sites is 1. The number of nitrogens with one attached hydrogen (secondary N) is 3. The van der Waals surface area contributed by atoms with Crippen molar-refractivity contribution in [1.29, 1.82) is 0 Å². The van der Waals surface area contributed by atoms with Crippen molar-refractivity contribution in [2.45, 2.75) is 33.2 Å². The van der Waals surface area contributed by atoms with Gasteiger partial charge in [-0.1, -0.05) is 25.1 Å².